The van der Waals surface area contributed by atoms with E-state index in [1.54, 1.807) is 42.5 Å². The van der Waals surface area contributed by atoms with Crippen LogP contribution in [0.25, 0.3) is 22.3 Å². The zero-order valence-corrected chi connectivity index (χ0v) is 13.4. The molecule has 4 aromatic rings. The standard InChI is InChI=1S/C20H12F3N3/c21-14-8-3-1-6-12(14)19-24-17-11-4-2-7-13(17)20(26-19)25-18-15(22)9-5-10-16(18)23/h1-11H,(H,24,25,26). The summed E-state index contributed by atoms with van der Waals surface area (Å²) in [5, 5.41) is 3.25. The summed E-state index contributed by atoms with van der Waals surface area (Å²) < 4.78 is 42.2. The summed E-state index contributed by atoms with van der Waals surface area (Å²) in [6.45, 7) is 0. The van der Waals surface area contributed by atoms with Crippen molar-refractivity contribution in [2.24, 2.45) is 0 Å². The van der Waals surface area contributed by atoms with Crippen LogP contribution in [-0.2, 0) is 0 Å². The molecule has 0 bridgehead atoms. The number of fused-ring (bicyclic) bond motifs is 1. The number of anilines is 2. The van der Waals surface area contributed by atoms with Crippen molar-refractivity contribution in [1.29, 1.82) is 0 Å². The monoisotopic (exact) mass is 351 g/mol. The van der Waals surface area contributed by atoms with E-state index in [0.29, 0.717) is 10.9 Å². The van der Waals surface area contributed by atoms with Gasteiger partial charge in [-0.2, -0.15) is 0 Å². The van der Waals surface area contributed by atoms with Gasteiger partial charge in [0.1, 0.15) is 29.0 Å². The van der Waals surface area contributed by atoms with Crippen molar-refractivity contribution in [3.05, 3.63) is 84.2 Å². The largest absolute Gasteiger partial charge is 0.335 e. The fourth-order valence-electron chi connectivity index (χ4n) is 2.67. The lowest BCUT2D eigenvalue weighted by molar-refractivity contribution is 0.590. The van der Waals surface area contributed by atoms with E-state index in [1.165, 1.54) is 12.1 Å². The van der Waals surface area contributed by atoms with E-state index in [-0.39, 0.29) is 22.9 Å². The summed E-state index contributed by atoms with van der Waals surface area (Å²) in [5.74, 6) is -1.66. The zero-order chi connectivity index (χ0) is 18.1. The second-order valence-electron chi connectivity index (χ2n) is 5.61. The van der Waals surface area contributed by atoms with Crippen LogP contribution in [0.1, 0.15) is 0 Å². The van der Waals surface area contributed by atoms with Crippen LogP contribution in [0.15, 0.2) is 66.7 Å². The normalized spacial score (nSPS) is 10.9. The minimum Gasteiger partial charge on any atom is -0.335 e. The van der Waals surface area contributed by atoms with Gasteiger partial charge in [-0.25, -0.2) is 23.1 Å². The first kappa shape index (κ1) is 16.1. The Balaban J connectivity index is 1.92. The Hall–Kier alpha value is -3.41. The van der Waals surface area contributed by atoms with Crippen LogP contribution >= 0.6 is 0 Å². The number of nitrogens with one attached hydrogen (secondary N) is 1. The Labute approximate surface area is 147 Å². The summed E-state index contributed by atoms with van der Waals surface area (Å²) in [7, 11) is 0. The summed E-state index contributed by atoms with van der Waals surface area (Å²) in [4.78, 5) is 8.69. The van der Waals surface area contributed by atoms with E-state index in [2.05, 4.69) is 15.3 Å². The summed E-state index contributed by atoms with van der Waals surface area (Å²) >= 11 is 0. The van der Waals surface area contributed by atoms with Crippen LogP contribution < -0.4 is 5.32 Å². The molecule has 1 heterocycles. The second-order valence-corrected chi connectivity index (χ2v) is 5.61. The Morgan fingerprint density at radius 3 is 2.08 bits per heavy atom. The minimum atomic E-state index is -0.750. The molecule has 0 radical (unpaired) electrons. The highest BCUT2D eigenvalue weighted by Gasteiger charge is 2.15. The fourth-order valence-corrected chi connectivity index (χ4v) is 2.67. The van der Waals surface area contributed by atoms with Crippen LogP contribution in [0.2, 0.25) is 0 Å². The molecule has 0 atom stereocenters. The molecule has 1 aromatic heterocycles. The van der Waals surface area contributed by atoms with Gasteiger partial charge in [0, 0.05) is 5.39 Å². The molecule has 1 N–H and O–H groups in total. The number of rotatable bonds is 3. The molecule has 0 amide bonds. The lowest BCUT2D eigenvalue weighted by Crippen LogP contribution is -2.03. The average molecular weight is 351 g/mol. The molecule has 0 saturated carbocycles. The molecule has 0 aliphatic heterocycles. The highest BCUT2D eigenvalue weighted by molar-refractivity contribution is 5.92. The molecular formula is C20H12F3N3. The fraction of sp³-hybridized carbons (Fsp3) is 0. The molecular weight excluding hydrogens is 339 g/mol. The number of para-hydroxylation sites is 2. The molecule has 0 saturated heterocycles. The average Bonchev–Trinajstić information content (AvgIpc) is 2.65. The van der Waals surface area contributed by atoms with Crippen LogP contribution in [0.3, 0.4) is 0 Å². The lowest BCUT2D eigenvalue weighted by Gasteiger charge is -2.12. The lowest BCUT2D eigenvalue weighted by atomic mass is 10.1. The van der Waals surface area contributed by atoms with E-state index < -0.39 is 17.5 Å². The number of aromatic nitrogens is 2. The third kappa shape index (κ3) is 2.86. The molecule has 0 fully saturated rings. The van der Waals surface area contributed by atoms with Crippen molar-refractivity contribution in [3.63, 3.8) is 0 Å². The van der Waals surface area contributed by atoms with Gasteiger partial charge in [0.25, 0.3) is 0 Å². The van der Waals surface area contributed by atoms with Crippen molar-refractivity contribution in [3.8, 4) is 11.4 Å². The SMILES string of the molecule is Fc1ccccc1-c1nc(Nc2c(F)cccc2F)c2ccccc2n1. The summed E-state index contributed by atoms with van der Waals surface area (Å²) in [6.07, 6.45) is 0. The molecule has 3 nitrogen and oxygen atoms in total. The third-order valence-electron chi connectivity index (χ3n) is 3.92. The third-order valence-corrected chi connectivity index (χ3v) is 3.92. The van der Waals surface area contributed by atoms with Crippen LogP contribution in [0.5, 0.6) is 0 Å². The van der Waals surface area contributed by atoms with E-state index in [1.807, 2.05) is 0 Å². The summed E-state index contributed by atoms with van der Waals surface area (Å²) in [6, 6.07) is 16.6. The van der Waals surface area contributed by atoms with Gasteiger partial charge in [0.2, 0.25) is 0 Å². The van der Waals surface area contributed by atoms with Crippen LogP contribution in [0.4, 0.5) is 24.7 Å². The summed E-state index contributed by atoms with van der Waals surface area (Å²) in [5.41, 5.74) is 0.408. The van der Waals surface area contributed by atoms with Crippen molar-refractivity contribution in [1.82, 2.24) is 9.97 Å². The highest BCUT2D eigenvalue weighted by Crippen LogP contribution is 2.30. The second kappa shape index (κ2) is 6.48. The van der Waals surface area contributed by atoms with Gasteiger partial charge in [-0.1, -0.05) is 30.3 Å². The van der Waals surface area contributed by atoms with Gasteiger partial charge < -0.3 is 5.32 Å². The molecule has 26 heavy (non-hydrogen) atoms. The molecule has 4 rings (SSSR count). The molecule has 0 unspecified atom stereocenters. The quantitative estimate of drug-likeness (QED) is 0.533. The Kier molecular flexibility index (Phi) is 4.01. The molecule has 6 heteroatoms. The Morgan fingerprint density at radius 1 is 0.654 bits per heavy atom. The molecule has 128 valence electrons. The Morgan fingerprint density at radius 2 is 1.31 bits per heavy atom. The van der Waals surface area contributed by atoms with Crippen LogP contribution in [-0.4, -0.2) is 9.97 Å². The van der Waals surface area contributed by atoms with E-state index >= 15 is 0 Å². The number of hydrogen-bond acceptors (Lipinski definition) is 3. The Bertz CT molecular complexity index is 1090. The van der Waals surface area contributed by atoms with Crippen LogP contribution in [0, 0.1) is 17.5 Å². The van der Waals surface area contributed by atoms with Gasteiger partial charge in [0.05, 0.1) is 11.1 Å². The predicted octanol–water partition coefficient (Wildman–Crippen LogP) is 5.46. The van der Waals surface area contributed by atoms with E-state index in [0.717, 1.165) is 12.1 Å². The maximum Gasteiger partial charge on any atom is 0.165 e. The number of hydrogen-bond donors (Lipinski definition) is 1. The molecule has 3 aromatic carbocycles. The van der Waals surface area contributed by atoms with Gasteiger partial charge in [-0.15, -0.1) is 0 Å². The molecule has 0 aliphatic carbocycles. The number of nitrogens with zero attached hydrogens (tertiary/aromatic N) is 2. The highest BCUT2D eigenvalue weighted by atomic mass is 19.1. The van der Waals surface area contributed by atoms with Gasteiger partial charge in [-0.05, 0) is 36.4 Å². The first-order valence-corrected chi connectivity index (χ1v) is 7.86. The van der Waals surface area contributed by atoms with Gasteiger partial charge in [-0.3, -0.25) is 0 Å². The minimum absolute atomic E-state index is 0.126. The maximum absolute atomic E-state index is 14.1. The van der Waals surface area contributed by atoms with Crippen molar-refractivity contribution < 1.29 is 13.2 Å². The smallest absolute Gasteiger partial charge is 0.165 e. The topological polar surface area (TPSA) is 37.8 Å². The van der Waals surface area contributed by atoms with Crippen molar-refractivity contribution >= 4 is 22.4 Å². The first-order valence-electron chi connectivity index (χ1n) is 7.86. The van der Waals surface area contributed by atoms with Crippen molar-refractivity contribution in [2.45, 2.75) is 0 Å². The predicted molar refractivity (Wildman–Crippen MR) is 94.6 cm³/mol. The van der Waals surface area contributed by atoms with E-state index in [4.69, 9.17) is 0 Å². The first-order chi connectivity index (χ1) is 12.6. The molecule has 0 aliphatic rings. The van der Waals surface area contributed by atoms with Gasteiger partial charge >= 0.3 is 0 Å². The molecule has 0 spiro atoms. The van der Waals surface area contributed by atoms with Gasteiger partial charge in [0.15, 0.2) is 5.82 Å². The number of halogens is 3. The van der Waals surface area contributed by atoms with Crippen molar-refractivity contribution in [2.75, 3.05) is 5.32 Å². The number of benzene rings is 3. The maximum atomic E-state index is 14.1. The van der Waals surface area contributed by atoms with E-state index in [9.17, 15) is 13.2 Å². The zero-order valence-electron chi connectivity index (χ0n) is 13.4.